The van der Waals surface area contributed by atoms with Gasteiger partial charge in [0.1, 0.15) is 0 Å². The molecule has 0 amide bonds. The van der Waals surface area contributed by atoms with Crippen molar-refractivity contribution in [1.82, 2.24) is 30.6 Å². The van der Waals surface area contributed by atoms with Crippen molar-refractivity contribution in [2.45, 2.75) is 8.68 Å². The van der Waals surface area contributed by atoms with Gasteiger partial charge in [-0.15, -0.1) is 0 Å². The van der Waals surface area contributed by atoms with Crippen LogP contribution in [0.5, 0.6) is 0 Å². The Morgan fingerprint density at radius 2 is 1.00 bits per heavy atom. The van der Waals surface area contributed by atoms with E-state index in [1.54, 1.807) is 0 Å². The van der Waals surface area contributed by atoms with Gasteiger partial charge in [-0.1, -0.05) is 35.8 Å². The van der Waals surface area contributed by atoms with Crippen LogP contribution in [0.3, 0.4) is 0 Å². The number of H-pyrrole nitrogens is 4. The van der Waals surface area contributed by atoms with E-state index >= 15 is 0 Å². The summed E-state index contributed by atoms with van der Waals surface area (Å²) in [6, 6.07) is 0. The topological polar surface area (TPSA) is 152 Å². The zero-order valence-electron chi connectivity index (χ0n) is 10.9. The second kappa shape index (κ2) is 15.7. The van der Waals surface area contributed by atoms with Crippen LogP contribution in [0.1, 0.15) is 0 Å². The molecule has 18 heteroatoms. The van der Waals surface area contributed by atoms with Crippen LogP contribution in [0.4, 0.5) is 0 Å². The molecular weight excluding hydrogens is 540 g/mol. The van der Waals surface area contributed by atoms with Crippen molar-refractivity contribution < 1.29 is 28.0 Å². The summed E-state index contributed by atoms with van der Waals surface area (Å²) in [5.41, 5.74) is 0. The molecule has 3 rings (SSSR count). The van der Waals surface area contributed by atoms with Crippen molar-refractivity contribution in [3.8, 4) is 0 Å². The Morgan fingerprint density at radius 1 is 0.667 bits per heavy atom. The van der Waals surface area contributed by atoms with Gasteiger partial charge in [-0.25, -0.2) is 0 Å². The van der Waals surface area contributed by atoms with Crippen molar-refractivity contribution >= 4 is 108 Å². The first-order valence-electron chi connectivity index (χ1n) is 4.59. The van der Waals surface area contributed by atoms with Crippen LogP contribution < -0.4 is 0 Å². The van der Waals surface area contributed by atoms with E-state index in [-0.39, 0.29) is 28.0 Å². The number of hydrogen-bond donors (Lipinski definition) is 4. The Hall–Kier alpha value is 0.439. The minimum absolute atomic E-state index is 0. The standard InChI is InChI=1S/3C2H2N2S3.Cu.2H2O/c3*5-1-3-4-2(6)7-1;;;/h3*(H,3,5)(H,4,6);;2*1H2/q;;;+2;;/p-2. The summed E-state index contributed by atoms with van der Waals surface area (Å²) in [6.45, 7) is 0. The second-order valence-electron chi connectivity index (χ2n) is 2.69. The molecule has 3 aromatic heterocycles. The normalized spacial score (nSPS) is 8.00. The van der Waals surface area contributed by atoms with Crippen molar-refractivity contribution in [1.29, 1.82) is 0 Å². The van der Waals surface area contributed by atoms with Crippen LogP contribution in [-0.4, -0.2) is 41.5 Å². The van der Waals surface area contributed by atoms with E-state index in [4.69, 9.17) is 24.4 Å². The quantitative estimate of drug-likeness (QED) is 0.190. The summed E-state index contributed by atoms with van der Waals surface area (Å²) in [4.78, 5) is 0. The van der Waals surface area contributed by atoms with E-state index in [0.717, 1.165) is 0 Å². The summed E-state index contributed by atoms with van der Waals surface area (Å²) in [5.74, 6) is 0. The first kappa shape index (κ1) is 29.2. The van der Waals surface area contributed by atoms with Crippen LogP contribution in [0.2, 0.25) is 0 Å². The average Bonchev–Trinajstić information content (AvgIpc) is 3.06. The monoisotopic (exact) mass is 547 g/mol. The van der Waals surface area contributed by atoms with Crippen LogP contribution >= 0.6 is 82.9 Å². The van der Waals surface area contributed by atoms with E-state index in [1.165, 1.54) is 34.0 Å². The Labute approximate surface area is 189 Å². The fraction of sp³-hybridized carbons (Fsp3) is 0. The molecule has 0 fully saturated rings. The van der Waals surface area contributed by atoms with Crippen molar-refractivity contribution in [2.75, 3.05) is 0 Å². The van der Waals surface area contributed by atoms with Crippen LogP contribution in [0.25, 0.3) is 0 Å². The molecule has 3 aromatic rings. The third kappa shape index (κ3) is 13.7. The van der Waals surface area contributed by atoms with Gasteiger partial charge in [-0.2, -0.15) is 10.2 Å². The molecule has 0 spiro atoms. The van der Waals surface area contributed by atoms with Gasteiger partial charge in [0, 0.05) is 0 Å². The Balaban J connectivity index is -0.000000259. The molecule has 0 aliphatic heterocycles. The van der Waals surface area contributed by atoms with Crippen molar-refractivity contribution in [2.24, 2.45) is 0 Å². The van der Waals surface area contributed by atoms with E-state index in [0.29, 0.717) is 24.5 Å². The maximum Gasteiger partial charge on any atom is 2.00 e. The van der Waals surface area contributed by atoms with Gasteiger partial charge >= 0.3 is 17.1 Å². The van der Waals surface area contributed by atoms with Gasteiger partial charge in [-0.3, -0.25) is 20.4 Å². The van der Waals surface area contributed by atoms with Gasteiger partial charge < -0.3 is 58.9 Å². The van der Waals surface area contributed by atoms with Gasteiger partial charge in [0.25, 0.3) is 0 Å². The molecule has 8 nitrogen and oxygen atoms in total. The molecule has 0 saturated carbocycles. The molecule has 8 N–H and O–H groups in total. The number of nitrogens with one attached hydrogen (secondary N) is 4. The van der Waals surface area contributed by atoms with Crippen molar-refractivity contribution in [3.63, 3.8) is 0 Å². The molecule has 0 aliphatic carbocycles. The summed E-state index contributed by atoms with van der Waals surface area (Å²) in [5, 5.41) is 17.7. The molecule has 24 heavy (non-hydrogen) atoms. The number of aromatic nitrogens is 6. The predicted octanol–water partition coefficient (Wildman–Crippen LogP) is 2.42. The SMILES string of the molecule is O.O.S=c1[nH][nH]c(=S)s1.S=c1[nH]nc([S-])s1.S=c1[nH]nc([S-])s1.[Cu+2]. The third-order valence-electron chi connectivity index (χ3n) is 1.29. The average molecular weight is 548 g/mol. The predicted molar refractivity (Wildman–Crippen MR) is 108 cm³/mol. The Kier molecular flexibility index (Phi) is 19.1. The Morgan fingerprint density at radius 3 is 1.08 bits per heavy atom. The van der Waals surface area contributed by atoms with Gasteiger partial charge in [0.2, 0.25) is 0 Å². The van der Waals surface area contributed by atoms with Crippen LogP contribution in [0.15, 0.2) is 8.68 Å². The number of rotatable bonds is 0. The molecule has 1 radical (unpaired) electrons. The minimum Gasteiger partial charge on any atom is -0.412 e. The molecule has 139 valence electrons. The zero-order chi connectivity index (χ0) is 15.8. The molecule has 0 aromatic carbocycles. The van der Waals surface area contributed by atoms with Crippen LogP contribution in [0, 0.1) is 15.8 Å². The second-order valence-corrected chi connectivity index (χ2v) is 9.66. The first-order valence-corrected chi connectivity index (χ1v) is 9.49. The minimum atomic E-state index is 0. The molecule has 0 atom stereocenters. The van der Waals surface area contributed by atoms with Gasteiger partial charge in [-0.05, 0) is 33.1 Å². The van der Waals surface area contributed by atoms with E-state index in [1.807, 2.05) is 0 Å². The zero-order valence-corrected chi connectivity index (χ0v) is 19.2. The third-order valence-corrected chi connectivity index (χ3v) is 5.02. The molecule has 0 saturated heterocycles. The maximum absolute atomic E-state index is 4.70. The summed E-state index contributed by atoms with van der Waals surface area (Å²) in [7, 11) is 0. The molecule has 3 heterocycles. The smallest absolute Gasteiger partial charge is 0.412 e. The summed E-state index contributed by atoms with van der Waals surface area (Å²) >= 11 is 32.0. The molecule has 0 unspecified atom stereocenters. The molecular formula is C6H8CuN6O2S9. The van der Waals surface area contributed by atoms with Crippen molar-refractivity contribution in [3.05, 3.63) is 15.8 Å². The van der Waals surface area contributed by atoms with E-state index < -0.39 is 0 Å². The van der Waals surface area contributed by atoms with E-state index in [9.17, 15) is 0 Å². The molecule has 0 aliphatic rings. The van der Waals surface area contributed by atoms with Crippen LogP contribution in [-0.2, 0) is 42.3 Å². The van der Waals surface area contributed by atoms with Gasteiger partial charge in [0.15, 0.2) is 7.91 Å². The fourth-order valence-corrected chi connectivity index (χ4v) is 3.96. The largest absolute Gasteiger partial charge is 2.00 e. The number of hydrogen-bond acceptors (Lipinski definition) is 11. The first-order chi connectivity index (χ1) is 9.86. The Bertz CT molecular complexity index is 814. The fourth-order valence-electron chi connectivity index (χ4n) is 0.670. The van der Waals surface area contributed by atoms with E-state index in [2.05, 4.69) is 80.3 Å². The number of aromatic amines is 4. The number of nitrogens with zero attached hydrogens (tertiary/aromatic N) is 2. The maximum atomic E-state index is 4.70. The summed E-state index contributed by atoms with van der Waals surface area (Å²) < 4.78 is 3.83. The van der Waals surface area contributed by atoms with Gasteiger partial charge in [0.05, 0.1) is 7.91 Å². The summed E-state index contributed by atoms with van der Waals surface area (Å²) in [6.07, 6.45) is 0. The molecule has 0 bridgehead atoms.